The minimum atomic E-state index is -0.561. The van der Waals surface area contributed by atoms with Crippen molar-refractivity contribution in [2.24, 2.45) is 0 Å². The predicted molar refractivity (Wildman–Crippen MR) is 73.6 cm³/mol. The minimum Gasteiger partial charge on any atom is -0.399 e. The number of aromatic nitrogens is 2. The largest absolute Gasteiger partial charge is 0.399 e. The molecule has 3 aromatic rings. The zero-order chi connectivity index (χ0) is 14.1. The summed E-state index contributed by atoms with van der Waals surface area (Å²) in [7, 11) is 0. The zero-order valence-electron chi connectivity index (χ0n) is 10.3. The van der Waals surface area contributed by atoms with Gasteiger partial charge in [-0.1, -0.05) is 0 Å². The first-order valence-electron chi connectivity index (χ1n) is 5.86. The van der Waals surface area contributed by atoms with E-state index in [1.54, 1.807) is 18.2 Å². The van der Waals surface area contributed by atoms with Gasteiger partial charge in [-0.25, -0.2) is 18.7 Å². The van der Waals surface area contributed by atoms with Crippen LogP contribution in [0.15, 0.2) is 42.7 Å². The molecule has 0 unspecified atom stereocenters. The first-order valence-corrected chi connectivity index (χ1v) is 5.86. The summed E-state index contributed by atoms with van der Waals surface area (Å²) < 4.78 is 26.8. The predicted octanol–water partition coefficient (Wildman–Crippen LogP) is 3.23. The van der Waals surface area contributed by atoms with Crippen molar-refractivity contribution >= 4 is 28.1 Å². The lowest BCUT2D eigenvalue weighted by atomic mass is 10.2. The molecule has 0 atom stereocenters. The Labute approximate surface area is 113 Å². The number of nitrogens with zero attached hydrogens (tertiary/aromatic N) is 2. The van der Waals surface area contributed by atoms with Gasteiger partial charge in [0.05, 0.1) is 11.2 Å². The topological polar surface area (TPSA) is 63.8 Å². The fourth-order valence-electron chi connectivity index (χ4n) is 1.89. The van der Waals surface area contributed by atoms with Gasteiger partial charge in [0, 0.05) is 17.1 Å². The van der Waals surface area contributed by atoms with Crippen LogP contribution in [0.5, 0.6) is 0 Å². The molecule has 0 radical (unpaired) electrons. The highest BCUT2D eigenvalue weighted by Gasteiger charge is 2.08. The molecule has 6 heteroatoms. The van der Waals surface area contributed by atoms with E-state index >= 15 is 0 Å². The molecule has 100 valence electrons. The number of nitrogens with one attached hydrogen (secondary N) is 1. The van der Waals surface area contributed by atoms with E-state index in [2.05, 4.69) is 15.3 Å². The summed E-state index contributed by atoms with van der Waals surface area (Å²) in [5.41, 5.74) is 6.89. The van der Waals surface area contributed by atoms with Gasteiger partial charge in [0.25, 0.3) is 0 Å². The van der Waals surface area contributed by atoms with Crippen molar-refractivity contribution < 1.29 is 8.78 Å². The Bertz CT molecular complexity index is 789. The van der Waals surface area contributed by atoms with Crippen LogP contribution in [0.2, 0.25) is 0 Å². The molecule has 0 saturated heterocycles. The molecule has 1 heterocycles. The summed E-state index contributed by atoms with van der Waals surface area (Å²) >= 11 is 0. The summed E-state index contributed by atoms with van der Waals surface area (Å²) in [4.78, 5) is 8.14. The maximum absolute atomic E-state index is 13.6. The summed E-state index contributed by atoms with van der Waals surface area (Å²) in [6, 6.07) is 8.28. The van der Waals surface area contributed by atoms with E-state index < -0.39 is 11.6 Å². The van der Waals surface area contributed by atoms with Crippen LogP contribution in [0.25, 0.3) is 10.9 Å². The Morgan fingerprint density at radius 1 is 1.00 bits per heavy atom. The van der Waals surface area contributed by atoms with Crippen LogP contribution in [-0.2, 0) is 0 Å². The van der Waals surface area contributed by atoms with E-state index in [1.807, 2.05) is 0 Å². The van der Waals surface area contributed by atoms with Crippen molar-refractivity contribution in [3.05, 3.63) is 54.4 Å². The number of anilines is 3. The molecule has 3 rings (SSSR count). The summed E-state index contributed by atoms with van der Waals surface area (Å²) in [6.07, 6.45) is 1.33. The van der Waals surface area contributed by atoms with Gasteiger partial charge in [-0.2, -0.15) is 0 Å². The number of fused-ring (bicyclic) bond motifs is 1. The summed E-state index contributed by atoms with van der Waals surface area (Å²) in [5, 5.41) is 3.44. The summed E-state index contributed by atoms with van der Waals surface area (Å²) in [6.45, 7) is 0. The van der Waals surface area contributed by atoms with Gasteiger partial charge in [-0.15, -0.1) is 0 Å². The quantitative estimate of drug-likeness (QED) is 0.703. The lowest BCUT2D eigenvalue weighted by Crippen LogP contribution is -1.99. The van der Waals surface area contributed by atoms with Crippen LogP contribution in [0.4, 0.5) is 26.0 Å². The first kappa shape index (κ1) is 12.3. The SMILES string of the molecule is Nc1ccc2c(Nc3cc(F)ccc3F)ncnc2c1. The monoisotopic (exact) mass is 272 g/mol. The zero-order valence-corrected chi connectivity index (χ0v) is 10.3. The maximum Gasteiger partial charge on any atom is 0.146 e. The van der Waals surface area contributed by atoms with Gasteiger partial charge in [0.15, 0.2) is 0 Å². The molecule has 2 aromatic carbocycles. The highest BCUT2D eigenvalue weighted by atomic mass is 19.1. The molecule has 0 aliphatic carbocycles. The molecule has 0 aliphatic rings. The number of halogens is 2. The number of hydrogen-bond acceptors (Lipinski definition) is 4. The average molecular weight is 272 g/mol. The molecular formula is C14H10F2N4. The van der Waals surface area contributed by atoms with Crippen molar-refractivity contribution in [1.82, 2.24) is 9.97 Å². The van der Waals surface area contributed by atoms with Crippen molar-refractivity contribution in [3.63, 3.8) is 0 Å². The van der Waals surface area contributed by atoms with Crippen LogP contribution in [0.3, 0.4) is 0 Å². The summed E-state index contributed by atoms with van der Waals surface area (Å²) in [5.74, 6) is -0.704. The molecule has 1 aromatic heterocycles. The normalized spacial score (nSPS) is 10.7. The highest BCUT2D eigenvalue weighted by molar-refractivity contribution is 5.92. The van der Waals surface area contributed by atoms with Crippen LogP contribution in [0.1, 0.15) is 0 Å². The molecule has 0 fully saturated rings. The Morgan fingerprint density at radius 3 is 2.70 bits per heavy atom. The second-order valence-electron chi connectivity index (χ2n) is 4.25. The van der Waals surface area contributed by atoms with Gasteiger partial charge in [-0.05, 0) is 30.3 Å². The van der Waals surface area contributed by atoms with E-state index in [0.717, 1.165) is 18.2 Å². The van der Waals surface area contributed by atoms with Crippen LogP contribution < -0.4 is 11.1 Å². The fourth-order valence-corrected chi connectivity index (χ4v) is 1.89. The molecule has 0 aliphatic heterocycles. The molecule has 3 N–H and O–H groups in total. The van der Waals surface area contributed by atoms with Crippen molar-refractivity contribution in [2.75, 3.05) is 11.1 Å². The van der Waals surface area contributed by atoms with Crippen LogP contribution in [0, 0.1) is 11.6 Å². The van der Waals surface area contributed by atoms with Gasteiger partial charge in [0.2, 0.25) is 0 Å². The van der Waals surface area contributed by atoms with E-state index in [4.69, 9.17) is 5.73 Å². The van der Waals surface area contributed by atoms with Gasteiger partial charge in [0.1, 0.15) is 23.8 Å². The third kappa shape index (κ3) is 2.23. The van der Waals surface area contributed by atoms with Crippen LogP contribution >= 0.6 is 0 Å². The number of nitrogens with two attached hydrogens (primary N) is 1. The first-order chi connectivity index (χ1) is 9.63. The fraction of sp³-hybridized carbons (Fsp3) is 0. The van der Waals surface area contributed by atoms with Gasteiger partial charge in [-0.3, -0.25) is 0 Å². The van der Waals surface area contributed by atoms with E-state index in [0.29, 0.717) is 22.4 Å². The Hall–Kier alpha value is -2.76. The molecular weight excluding hydrogens is 262 g/mol. The highest BCUT2D eigenvalue weighted by Crippen LogP contribution is 2.26. The maximum atomic E-state index is 13.6. The standard InChI is InChI=1S/C14H10F2N4/c15-8-1-4-11(16)13(5-8)20-14-10-3-2-9(17)6-12(10)18-7-19-14/h1-7H,17H2,(H,18,19,20). The van der Waals surface area contributed by atoms with E-state index in [-0.39, 0.29) is 5.69 Å². The lowest BCUT2D eigenvalue weighted by molar-refractivity contribution is 0.603. The third-order valence-electron chi connectivity index (χ3n) is 2.84. The number of benzene rings is 2. The van der Waals surface area contributed by atoms with Crippen molar-refractivity contribution in [2.45, 2.75) is 0 Å². The molecule has 4 nitrogen and oxygen atoms in total. The second-order valence-corrected chi connectivity index (χ2v) is 4.25. The molecule has 0 amide bonds. The number of rotatable bonds is 2. The van der Waals surface area contributed by atoms with Crippen molar-refractivity contribution in [1.29, 1.82) is 0 Å². The van der Waals surface area contributed by atoms with Gasteiger partial charge >= 0.3 is 0 Å². The Kier molecular flexibility index (Phi) is 2.90. The number of hydrogen-bond donors (Lipinski definition) is 2. The minimum absolute atomic E-state index is 0.0156. The smallest absolute Gasteiger partial charge is 0.146 e. The molecule has 20 heavy (non-hydrogen) atoms. The van der Waals surface area contributed by atoms with Gasteiger partial charge < -0.3 is 11.1 Å². The van der Waals surface area contributed by atoms with E-state index in [9.17, 15) is 8.78 Å². The molecule has 0 spiro atoms. The number of nitrogen functional groups attached to an aromatic ring is 1. The average Bonchev–Trinajstić information content (AvgIpc) is 2.43. The van der Waals surface area contributed by atoms with Crippen molar-refractivity contribution in [3.8, 4) is 0 Å². The molecule has 0 saturated carbocycles. The van der Waals surface area contributed by atoms with E-state index in [1.165, 1.54) is 6.33 Å². The Morgan fingerprint density at radius 2 is 1.85 bits per heavy atom. The Balaban J connectivity index is 2.09. The third-order valence-corrected chi connectivity index (χ3v) is 2.84. The molecule has 0 bridgehead atoms. The van der Waals surface area contributed by atoms with Crippen LogP contribution in [-0.4, -0.2) is 9.97 Å². The lowest BCUT2D eigenvalue weighted by Gasteiger charge is -2.09. The second kappa shape index (κ2) is 4.73.